The number of para-hydroxylation sites is 1. The summed E-state index contributed by atoms with van der Waals surface area (Å²) in [5, 5.41) is 5.28. The Morgan fingerprint density at radius 1 is 1.21 bits per heavy atom. The zero-order chi connectivity index (χ0) is 24.7. The Balaban J connectivity index is 1.78. The second-order valence-corrected chi connectivity index (χ2v) is 8.04. The summed E-state index contributed by atoms with van der Waals surface area (Å²) < 4.78 is 11.7. The number of nitrogens with one attached hydrogen (secondary N) is 2. The van der Waals surface area contributed by atoms with Gasteiger partial charge in [-0.25, -0.2) is 9.69 Å². The van der Waals surface area contributed by atoms with Crippen molar-refractivity contribution in [1.82, 2.24) is 10.2 Å². The molecule has 0 aromatic heterocycles. The van der Waals surface area contributed by atoms with Gasteiger partial charge >= 0.3 is 6.03 Å². The van der Waals surface area contributed by atoms with Crippen LogP contribution in [0.1, 0.15) is 25.0 Å². The number of halogens is 1. The predicted molar refractivity (Wildman–Crippen MR) is 132 cm³/mol. The molecule has 0 unspecified atom stereocenters. The number of imide groups is 1. The lowest BCUT2D eigenvalue weighted by atomic mass is 10.1. The Hall–Kier alpha value is -3.77. The lowest BCUT2D eigenvalue weighted by molar-refractivity contribution is -0.127. The molecule has 1 fully saturated rings. The van der Waals surface area contributed by atoms with E-state index in [4.69, 9.17) is 15.9 Å². The lowest BCUT2D eigenvalue weighted by Gasteiger charge is -2.14. The van der Waals surface area contributed by atoms with Gasteiger partial charge in [0.05, 0.1) is 6.61 Å². The summed E-state index contributed by atoms with van der Waals surface area (Å²) in [6.45, 7) is 3.85. The Morgan fingerprint density at radius 2 is 1.94 bits per heavy atom. The molecule has 2 aromatic carbocycles. The molecule has 4 amide bonds. The highest BCUT2D eigenvalue weighted by molar-refractivity contribution is 9.10. The van der Waals surface area contributed by atoms with Crippen molar-refractivity contribution in [2.24, 2.45) is 0 Å². The molecule has 1 aliphatic rings. The quantitative estimate of drug-likeness (QED) is 0.293. The van der Waals surface area contributed by atoms with Gasteiger partial charge in [0.1, 0.15) is 18.8 Å². The molecule has 0 spiro atoms. The molecule has 0 radical (unpaired) electrons. The van der Waals surface area contributed by atoms with E-state index in [1.54, 1.807) is 24.3 Å². The van der Waals surface area contributed by atoms with Crippen molar-refractivity contribution in [2.45, 2.75) is 20.3 Å². The number of hydrogen-bond acceptors (Lipinski definition) is 5. The molecule has 176 valence electrons. The van der Waals surface area contributed by atoms with E-state index >= 15 is 0 Å². The summed E-state index contributed by atoms with van der Waals surface area (Å²) in [4.78, 5) is 38.7. The molecule has 1 heterocycles. The maximum atomic E-state index is 12.9. The number of aryl methyl sites for hydroxylation is 1. The Labute approximate surface area is 206 Å². The van der Waals surface area contributed by atoms with E-state index in [1.807, 2.05) is 26.0 Å². The van der Waals surface area contributed by atoms with Gasteiger partial charge in [-0.2, -0.15) is 0 Å². The first-order valence-corrected chi connectivity index (χ1v) is 11.4. The number of anilines is 1. The zero-order valence-electron chi connectivity index (χ0n) is 18.8. The predicted octanol–water partition coefficient (Wildman–Crippen LogP) is 3.95. The highest BCUT2D eigenvalue weighted by Crippen LogP contribution is 2.35. The summed E-state index contributed by atoms with van der Waals surface area (Å²) in [5.74, 6) is 2.20. The number of rotatable bonds is 9. The number of urea groups is 1. The number of hydrogen-bond donors (Lipinski definition) is 2. The minimum atomic E-state index is -0.676. The van der Waals surface area contributed by atoms with Crippen LogP contribution < -0.4 is 20.1 Å². The summed E-state index contributed by atoms with van der Waals surface area (Å²) in [6.07, 6.45) is 7.50. The monoisotopic (exact) mass is 525 g/mol. The van der Waals surface area contributed by atoms with Crippen LogP contribution in [0.3, 0.4) is 0 Å². The third-order valence-corrected chi connectivity index (χ3v) is 5.60. The number of benzene rings is 2. The van der Waals surface area contributed by atoms with Crippen molar-refractivity contribution in [1.29, 1.82) is 0 Å². The van der Waals surface area contributed by atoms with Crippen molar-refractivity contribution >= 4 is 45.5 Å². The molecule has 1 aliphatic heterocycles. The van der Waals surface area contributed by atoms with Gasteiger partial charge < -0.3 is 20.1 Å². The topological polar surface area (TPSA) is 97.0 Å². The van der Waals surface area contributed by atoms with E-state index in [0.29, 0.717) is 33.8 Å². The van der Waals surface area contributed by atoms with Crippen LogP contribution >= 0.6 is 15.9 Å². The van der Waals surface area contributed by atoms with E-state index in [1.165, 1.54) is 6.08 Å². The Kier molecular flexibility index (Phi) is 8.33. The van der Waals surface area contributed by atoms with Crippen LogP contribution in [0.15, 0.2) is 46.6 Å². The summed E-state index contributed by atoms with van der Waals surface area (Å²) in [6, 6.07) is 10.0. The van der Waals surface area contributed by atoms with E-state index in [-0.39, 0.29) is 12.3 Å². The van der Waals surface area contributed by atoms with Crippen LogP contribution in [-0.2, 0) is 16.0 Å². The van der Waals surface area contributed by atoms with Gasteiger partial charge in [0.2, 0.25) is 5.91 Å². The molecular formula is C25H24BrN3O5. The molecule has 2 N–H and O–H groups in total. The van der Waals surface area contributed by atoms with E-state index in [0.717, 1.165) is 16.9 Å². The van der Waals surface area contributed by atoms with Crippen LogP contribution in [0.4, 0.5) is 10.5 Å². The first kappa shape index (κ1) is 24.9. The number of ether oxygens (including phenoxy) is 2. The molecule has 2 aromatic rings. The molecule has 0 atom stereocenters. The minimum Gasteiger partial charge on any atom is -0.490 e. The smallest absolute Gasteiger partial charge is 0.329 e. The standard InChI is InChI=1S/C25H24BrN3O5/c1-4-11-34-22-14-18(26)17(13-21(22)33-6-3)12-20-24(31)29(25(32)28-20)15-23(30)27-19-10-8-7-9-16(19)5-2/h1,7-10,12-14H,5-6,11,15H2,2-3H3,(H,27,30)(H,28,32). The molecule has 1 saturated heterocycles. The van der Waals surface area contributed by atoms with Crippen LogP contribution in [0.2, 0.25) is 0 Å². The normalized spacial score (nSPS) is 14.1. The van der Waals surface area contributed by atoms with Gasteiger partial charge in [0, 0.05) is 10.2 Å². The Bertz CT molecular complexity index is 1190. The molecule has 0 aliphatic carbocycles. The van der Waals surface area contributed by atoms with Crippen LogP contribution in [0.25, 0.3) is 6.08 Å². The molecule has 9 heteroatoms. The number of amides is 4. The van der Waals surface area contributed by atoms with Gasteiger partial charge in [0.25, 0.3) is 5.91 Å². The first-order chi connectivity index (χ1) is 16.4. The van der Waals surface area contributed by atoms with Gasteiger partial charge in [-0.1, -0.05) is 47.0 Å². The molecule has 0 saturated carbocycles. The average Bonchev–Trinajstić information content (AvgIpc) is 3.07. The van der Waals surface area contributed by atoms with Gasteiger partial charge in [-0.05, 0) is 48.7 Å². The fraction of sp³-hybridized carbons (Fsp3) is 0.240. The van der Waals surface area contributed by atoms with Crippen LogP contribution in [-0.4, -0.2) is 42.5 Å². The number of carbonyl (C=O) groups excluding carboxylic acids is 3. The van der Waals surface area contributed by atoms with Crippen molar-refractivity contribution in [3.05, 3.63) is 57.7 Å². The van der Waals surface area contributed by atoms with Gasteiger partial charge in [-0.3, -0.25) is 9.59 Å². The van der Waals surface area contributed by atoms with Crippen molar-refractivity contribution in [2.75, 3.05) is 25.1 Å². The lowest BCUT2D eigenvalue weighted by Crippen LogP contribution is -2.38. The fourth-order valence-electron chi connectivity index (χ4n) is 3.32. The summed E-state index contributed by atoms with van der Waals surface area (Å²) >= 11 is 3.44. The zero-order valence-corrected chi connectivity index (χ0v) is 20.4. The molecule has 3 rings (SSSR count). The third kappa shape index (κ3) is 5.77. The highest BCUT2D eigenvalue weighted by atomic mass is 79.9. The van der Waals surface area contributed by atoms with E-state index < -0.39 is 24.4 Å². The maximum Gasteiger partial charge on any atom is 0.329 e. The van der Waals surface area contributed by atoms with Gasteiger partial charge in [0.15, 0.2) is 11.5 Å². The largest absolute Gasteiger partial charge is 0.490 e. The first-order valence-electron chi connectivity index (χ1n) is 10.6. The molecule has 8 nitrogen and oxygen atoms in total. The average molecular weight is 526 g/mol. The van der Waals surface area contributed by atoms with Crippen molar-refractivity contribution < 1.29 is 23.9 Å². The molecule has 34 heavy (non-hydrogen) atoms. The second kappa shape index (κ2) is 11.4. The highest BCUT2D eigenvalue weighted by Gasteiger charge is 2.35. The Morgan fingerprint density at radius 3 is 2.65 bits per heavy atom. The van der Waals surface area contributed by atoms with Crippen LogP contribution in [0, 0.1) is 12.3 Å². The van der Waals surface area contributed by atoms with Crippen molar-refractivity contribution in [3.8, 4) is 23.8 Å². The van der Waals surface area contributed by atoms with Crippen molar-refractivity contribution in [3.63, 3.8) is 0 Å². The third-order valence-electron chi connectivity index (χ3n) is 4.91. The van der Waals surface area contributed by atoms with E-state index in [9.17, 15) is 14.4 Å². The molecule has 0 bridgehead atoms. The number of nitrogens with zero attached hydrogens (tertiary/aromatic N) is 1. The summed E-state index contributed by atoms with van der Waals surface area (Å²) in [7, 11) is 0. The van der Waals surface area contributed by atoms with Crippen LogP contribution in [0.5, 0.6) is 11.5 Å². The minimum absolute atomic E-state index is 0.0344. The second-order valence-electron chi connectivity index (χ2n) is 7.18. The van der Waals surface area contributed by atoms with E-state index in [2.05, 4.69) is 32.5 Å². The SMILES string of the molecule is C#CCOc1cc(Br)c(C=C2NC(=O)N(CC(=O)Nc3ccccc3CC)C2=O)cc1OCC. The number of terminal acetylenes is 1. The number of carbonyl (C=O) groups is 3. The summed E-state index contributed by atoms with van der Waals surface area (Å²) in [5.41, 5.74) is 2.21. The molecular weight excluding hydrogens is 502 g/mol. The van der Waals surface area contributed by atoms with Gasteiger partial charge in [-0.15, -0.1) is 6.42 Å². The fourth-order valence-corrected chi connectivity index (χ4v) is 3.75. The maximum absolute atomic E-state index is 12.9.